The summed E-state index contributed by atoms with van der Waals surface area (Å²) in [5, 5.41) is 12.1. The summed E-state index contributed by atoms with van der Waals surface area (Å²) in [5.41, 5.74) is 0. The van der Waals surface area contributed by atoms with Gasteiger partial charge in [-0.3, -0.25) is 4.57 Å². The molecule has 0 aliphatic carbocycles. The van der Waals surface area contributed by atoms with Gasteiger partial charge in [0.2, 0.25) is 5.95 Å². The van der Waals surface area contributed by atoms with Crippen molar-refractivity contribution in [1.29, 1.82) is 0 Å². The van der Waals surface area contributed by atoms with Gasteiger partial charge in [0.05, 0.1) is 0 Å². The molecule has 1 heterocycles. The summed E-state index contributed by atoms with van der Waals surface area (Å²) in [6.45, 7) is 6.08. The molecule has 19 heavy (non-hydrogen) atoms. The molecule has 0 saturated heterocycles. The van der Waals surface area contributed by atoms with Gasteiger partial charge >= 0.3 is 0 Å². The maximum Gasteiger partial charge on any atom is 0.224 e. The van der Waals surface area contributed by atoms with E-state index >= 15 is 0 Å². The zero-order valence-corrected chi connectivity index (χ0v) is 11.8. The van der Waals surface area contributed by atoms with Gasteiger partial charge < -0.3 is 10.1 Å². The molecule has 0 aliphatic rings. The predicted octanol–water partition coefficient (Wildman–Crippen LogP) is 2.96. The number of hydrogen-bond donors (Lipinski definition) is 1. The van der Waals surface area contributed by atoms with Crippen LogP contribution in [0.3, 0.4) is 0 Å². The van der Waals surface area contributed by atoms with Gasteiger partial charge in [0.1, 0.15) is 12.4 Å². The fraction of sp³-hybridized carbons (Fsp3) is 0.385. The van der Waals surface area contributed by atoms with E-state index < -0.39 is 0 Å². The molecule has 0 unspecified atom stereocenters. The van der Waals surface area contributed by atoms with Crippen LogP contribution < -0.4 is 10.1 Å². The Bertz CT molecular complexity index is 524. The highest BCUT2D eigenvalue weighted by Crippen LogP contribution is 2.17. The first-order valence-electron chi connectivity index (χ1n) is 6.29. The Morgan fingerprint density at radius 1 is 1.21 bits per heavy atom. The van der Waals surface area contributed by atoms with Gasteiger partial charge in [-0.15, -0.1) is 10.2 Å². The molecular weight excluding hydrogens is 264 g/mol. The van der Waals surface area contributed by atoms with E-state index in [0.717, 1.165) is 30.6 Å². The van der Waals surface area contributed by atoms with E-state index in [4.69, 9.17) is 16.3 Å². The van der Waals surface area contributed by atoms with E-state index in [-0.39, 0.29) is 0 Å². The zero-order chi connectivity index (χ0) is 13.7. The SMILES string of the molecule is CCNc1nnc(COc2ccc(Cl)cc2)n1CC. The number of benzene rings is 1. The van der Waals surface area contributed by atoms with Crippen LogP contribution in [0.1, 0.15) is 19.7 Å². The van der Waals surface area contributed by atoms with E-state index in [1.54, 1.807) is 12.1 Å². The second kappa shape index (κ2) is 6.43. The van der Waals surface area contributed by atoms with E-state index in [1.807, 2.05) is 23.6 Å². The summed E-state index contributed by atoms with van der Waals surface area (Å²) in [6, 6.07) is 7.26. The lowest BCUT2D eigenvalue weighted by atomic mass is 10.3. The molecule has 0 aliphatic heterocycles. The minimum atomic E-state index is 0.383. The average molecular weight is 281 g/mol. The van der Waals surface area contributed by atoms with Crippen LogP contribution in [0.4, 0.5) is 5.95 Å². The minimum Gasteiger partial charge on any atom is -0.486 e. The smallest absolute Gasteiger partial charge is 0.224 e. The normalized spacial score (nSPS) is 10.5. The highest BCUT2D eigenvalue weighted by molar-refractivity contribution is 6.30. The van der Waals surface area contributed by atoms with Crippen LogP contribution >= 0.6 is 11.6 Å². The summed E-state index contributed by atoms with van der Waals surface area (Å²) in [4.78, 5) is 0. The zero-order valence-electron chi connectivity index (χ0n) is 11.1. The van der Waals surface area contributed by atoms with Crippen molar-refractivity contribution in [2.24, 2.45) is 0 Å². The quantitative estimate of drug-likeness (QED) is 0.884. The molecule has 102 valence electrons. The third-order valence-corrected chi connectivity index (χ3v) is 2.91. The van der Waals surface area contributed by atoms with E-state index in [1.165, 1.54) is 0 Å². The average Bonchev–Trinajstić information content (AvgIpc) is 2.81. The van der Waals surface area contributed by atoms with E-state index in [2.05, 4.69) is 22.4 Å². The Morgan fingerprint density at radius 2 is 1.95 bits per heavy atom. The van der Waals surface area contributed by atoms with Gasteiger partial charge in [0.15, 0.2) is 5.82 Å². The van der Waals surface area contributed by atoms with Crippen LogP contribution in [0.2, 0.25) is 5.02 Å². The highest BCUT2D eigenvalue weighted by atomic mass is 35.5. The maximum atomic E-state index is 5.82. The Hall–Kier alpha value is -1.75. The molecule has 0 fully saturated rings. The van der Waals surface area contributed by atoms with Crippen molar-refractivity contribution < 1.29 is 4.74 Å². The second-order valence-electron chi connectivity index (χ2n) is 3.96. The minimum absolute atomic E-state index is 0.383. The monoisotopic (exact) mass is 280 g/mol. The first kappa shape index (κ1) is 13.7. The third-order valence-electron chi connectivity index (χ3n) is 2.66. The molecule has 0 spiro atoms. The number of ether oxygens (including phenoxy) is 1. The van der Waals surface area contributed by atoms with Crippen molar-refractivity contribution in [1.82, 2.24) is 14.8 Å². The summed E-state index contributed by atoms with van der Waals surface area (Å²) in [6.07, 6.45) is 0. The Balaban J connectivity index is 2.04. The topological polar surface area (TPSA) is 52.0 Å². The highest BCUT2D eigenvalue weighted by Gasteiger charge is 2.10. The van der Waals surface area contributed by atoms with Gasteiger partial charge in [-0.2, -0.15) is 0 Å². The molecule has 0 amide bonds. The van der Waals surface area contributed by atoms with Crippen molar-refractivity contribution in [2.75, 3.05) is 11.9 Å². The first-order valence-corrected chi connectivity index (χ1v) is 6.66. The number of aromatic nitrogens is 3. The standard InChI is InChI=1S/C13H17ClN4O/c1-3-15-13-17-16-12(18(13)4-2)9-19-11-7-5-10(14)6-8-11/h5-8H,3-4,9H2,1-2H3,(H,15,17). The summed E-state index contributed by atoms with van der Waals surface area (Å²) >= 11 is 5.82. The molecule has 1 aromatic heterocycles. The molecule has 1 aromatic carbocycles. The largest absolute Gasteiger partial charge is 0.486 e. The van der Waals surface area contributed by atoms with Crippen molar-refractivity contribution >= 4 is 17.5 Å². The van der Waals surface area contributed by atoms with Gasteiger partial charge in [-0.05, 0) is 38.1 Å². The molecule has 5 nitrogen and oxygen atoms in total. The molecule has 2 rings (SSSR count). The van der Waals surface area contributed by atoms with Gasteiger partial charge in [0, 0.05) is 18.1 Å². The number of rotatable bonds is 6. The molecule has 1 N–H and O–H groups in total. The number of anilines is 1. The Morgan fingerprint density at radius 3 is 2.58 bits per heavy atom. The summed E-state index contributed by atoms with van der Waals surface area (Å²) < 4.78 is 7.67. The van der Waals surface area contributed by atoms with Crippen LogP contribution in [0.5, 0.6) is 5.75 Å². The number of hydrogen-bond acceptors (Lipinski definition) is 4. The van der Waals surface area contributed by atoms with Crippen molar-refractivity contribution in [3.05, 3.63) is 35.1 Å². The Kier molecular flexibility index (Phi) is 4.63. The molecule has 0 bridgehead atoms. The predicted molar refractivity (Wildman–Crippen MR) is 75.6 cm³/mol. The van der Waals surface area contributed by atoms with E-state index in [9.17, 15) is 0 Å². The van der Waals surface area contributed by atoms with Crippen LogP contribution in [0.25, 0.3) is 0 Å². The molecule has 6 heteroatoms. The summed E-state index contributed by atoms with van der Waals surface area (Å²) in [7, 11) is 0. The van der Waals surface area contributed by atoms with Crippen LogP contribution in [-0.2, 0) is 13.2 Å². The molecular formula is C13H17ClN4O. The Labute approximate surface area is 117 Å². The van der Waals surface area contributed by atoms with E-state index in [0.29, 0.717) is 11.6 Å². The second-order valence-corrected chi connectivity index (χ2v) is 4.39. The third kappa shape index (κ3) is 3.38. The fourth-order valence-corrected chi connectivity index (χ4v) is 1.87. The lowest BCUT2D eigenvalue weighted by Gasteiger charge is -2.09. The lowest BCUT2D eigenvalue weighted by Crippen LogP contribution is -2.10. The fourth-order valence-electron chi connectivity index (χ4n) is 1.74. The first-order chi connectivity index (χ1) is 9.24. The van der Waals surface area contributed by atoms with Crippen molar-refractivity contribution in [3.63, 3.8) is 0 Å². The lowest BCUT2D eigenvalue weighted by molar-refractivity contribution is 0.289. The van der Waals surface area contributed by atoms with Gasteiger partial charge in [-0.1, -0.05) is 11.6 Å². The van der Waals surface area contributed by atoms with Crippen molar-refractivity contribution in [2.45, 2.75) is 27.0 Å². The molecule has 2 aromatic rings. The van der Waals surface area contributed by atoms with Gasteiger partial charge in [-0.25, -0.2) is 0 Å². The molecule has 0 saturated carbocycles. The van der Waals surface area contributed by atoms with Crippen LogP contribution in [-0.4, -0.2) is 21.3 Å². The molecule has 0 radical (unpaired) electrons. The number of halogens is 1. The number of nitrogens with zero attached hydrogens (tertiary/aromatic N) is 3. The molecule has 0 atom stereocenters. The van der Waals surface area contributed by atoms with Gasteiger partial charge in [0.25, 0.3) is 0 Å². The maximum absolute atomic E-state index is 5.82. The van der Waals surface area contributed by atoms with Crippen molar-refractivity contribution in [3.8, 4) is 5.75 Å². The number of nitrogens with one attached hydrogen (secondary N) is 1. The van der Waals surface area contributed by atoms with Crippen LogP contribution in [0, 0.1) is 0 Å². The summed E-state index contributed by atoms with van der Waals surface area (Å²) in [5.74, 6) is 2.34. The van der Waals surface area contributed by atoms with Crippen LogP contribution in [0.15, 0.2) is 24.3 Å².